The van der Waals surface area contributed by atoms with Crippen LogP contribution < -0.4 is 4.74 Å². The first-order valence-corrected chi connectivity index (χ1v) is 10.9. The van der Waals surface area contributed by atoms with Gasteiger partial charge >= 0.3 is 0 Å². The van der Waals surface area contributed by atoms with Crippen LogP contribution >= 0.6 is 11.3 Å². The lowest BCUT2D eigenvalue weighted by molar-refractivity contribution is 0.0879. The Hall–Kier alpha value is -1.70. The minimum atomic E-state index is -3.57. The van der Waals surface area contributed by atoms with Crippen molar-refractivity contribution >= 4 is 27.1 Å². The number of sulfonamides is 1. The maximum Gasteiger partial charge on any atom is 0.243 e. The molecule has 0 amide bonds. The first-order chi connectivity index (χ1) is 12.3. The zero-order chi connectivity index (χ0) is 18.9. The van der Waals surface area contributed by atoms with E-state index in [9.17, 15) is 13.2 Å². The van der Waals surface area contributed by atoms with E-state index in [1.165, 1.54) is 15.6 Å². The molecule has 1 saturated heterocycles. The number of carbonyl (C=O) groups is 1. The predicted octanol–water partition coefficient (Wildman–Crippen LogP) is 3.66. The molecule has 0 aliphatic carbocycles. The van der Waals surface area contributed by atoms with Crippen molar-refractivity contribution in [1.82, 2.24) is 4.31 Å². The molecule has 0 N–H and O–H groups in total. The van der Waals surface area contributed by atoms with E-state index in [1.807, 2.05) is 24.4 Å². The molecule has 2 heterocycles. The fraction of sp³-hybridized carbons (Fsp3) is 0.421. The summed E-state index contributed by atoms with van der Waals surface area (Å²) in [5.74, 6) is 0.717. The minimum Gasteiger partial charge on any atom is -0.496 e. The fourth-order valence-corrected chi connectivity index (χ4v) is 5.88. The standard InChI is InChI=1S/C19H23NO4S2/c1-13-12-18(14(2)11-16(13)24-3)26(22,23)20-8-6-15(7-9-20)19(21)17-5-4-10-25-17/h4-5,10-12,15H,6-9H2,1-3H3. The summed E-state index contributed by atoms with van der Waals surface area (Å²) in [6, 6.07) is 7.13. The van der Waals surface area contributed by atoms with Gasteiger partial charge in [-0.05, 0) is 61.4 Å². The highest BCUT2D eigenvalue weighted by molar-refractivity contribution is 7.89. The van der Waals surface area contributed by atoms with Crippen molar-refractivity contribution in [2.24, 2.45) is 5.92 Å². The van der Waals surface area contributed by atoms with E-state index in [4.69, 9.17) is 4.74 Å². The molecule has 1 fully saturated rings. The lowest BCUT2D eigenvalue weighted by Crippen LogP contribution is -2.40. The first-order valence-electron chi connectivity index (χ1n) is 8.57. The summed E-state index contributed by atoms with van der Waals surface area (Å²) in [5.41, 5.74) is 1.46. The molecular weight excluding hydrogens is 370 g/mol. The van der Waals surface area contributed by atoms with Gasteiger partial charge in [0.2, 0.25) is 10.0 Å². The minimum absolute atomic E-state index is 0.0983. The number of benzene rings is 1. The van der Waals surface area contributed by atoms with Crippen molar-refractivity contribution in [2.45, 2.75) is 31.6 Å². The van der Waals surface area contributed by atoms with Gasteiger partial charge in [0, 0.05) is 19.0 Å². The van der Waals surface area contributed by atoms with Crippen LogP contribution in [0.25, 0.3) is 0 Å². The smallest absolute Gasteiger partial charge is 0.243 e. The van der Waals surface area contributed by atoms with E-state index in [1.54, 1.807) is 26.2 Å². The van der Waals surface area contributed by atoms with Crippen LogP contribution in [0.2, 0.25) is 0 Å². The zero-order valence-electron chi connectivity index (χ0n) is 15.2. The lowest BCUT2D eigenvalue weighted by atomic mass is 9.93. The van der Waals surface area contributed by atoms with Crippen LogP contribution in [0.3, 0.4) is 0 Å². The Morgan fingerprint density at radius 2 is 1.88 bits per heavy atom. The summed E-state index contributed by atoms with van der Waals surface area (Å²) in [4.78, 5) is 13.6. The van der Waals surface area contributed by atoms with E-state index in [0.29, 0.717) is 42.1 Å². The van der Waals surface area contributed by atoms with Crippen LogP contribution in [0, 0.1) is 19.8 Å². The molecule has 140 valence electrons. The van der Waals surface area contributed by atoms with Gasteiger partial charge in [-0.15, -0.1) is 11.3 Å². The number of aryl methyl sites for hydroxylation is 2. The molecule has 0 radical (unpaired) electrons. The van der Waals surface area contributed by atoms with Crippen molar-refractivity contribution in [3.05, 3.63) is 45.6 Å². The molecule has 5 nitrogen and oxygen atoms in total. The summed E-state index contributed by atoms with van der Waals surface area (Å²) >= 11 is 1.44. The highest BCUT2D eigenvalue weighted by Crippen LogP contribution is 2.31. The summed E-state index contributed by atoms with van der Waals surface area (Å²) in [6.07, 6.45) is 1.12. The third-order valence-electron chi connectivity index (χ3n) is 4.90. The molecule has 1 aliphatic rings. The number of hydrogen-bond donors (Lipinski definition) is 0. The Bertz CT molecular complexity index is 896. The van der Waals surface area contributed by atoms with E-state index in [0.717, 1.165) is 10.4 Å². The van der Waals surface area contributed by atoms with Crippen molar-refractivity contribution < 1.29 is 17.9 Å². The van der Waals surface area contributed by atoms with Crippen LogP contribution in [-0.2, 0) is 10.0 Å². The van der Waals surface area contributed by atoms with Gasteiger partial charge in [-0.1, -0.05) is 6.07 Å². The molecule has 1 aromatic carbocycles. The average Bonchev–Trinajstić information content (AvgIpc) is 3.17. The number of rotatable bonds is 5. The number of nitrogens with zero attached hydrogens (tertiary/aromatic N) is 1. The highest BCUT2D eigenvalue weighted by Gasteiger charge is 2.33. The zero-order valence-corrected chi connectivity index (χ0v) is 16.8. The Morgan fingerprint density at radius 1 is 1.19 bits per heavy atom. The normalized spacial score (nSPS) is 16.6. The number of ketones is 1. The summed E-state index contributed by atoms with van der Waals surface area (Å²) < 4.78 is 32.9. The molecule has 7 heteroatoms. The summed E-state index contributed by atoms with van der Waals surface area (Å²) in [6.45, 7) is 4.36. The van der Waals surface area contributed by atoms with Crippen LogP contribution in [-0.4, -0.2) is 38.7 Å². The Kier molecular flexibility index (Phi) is 5.50. The monoisotopic (exact) mass is 393 g/mol. The third kappa shape index (κ3) is 3.56. The fourth-order valence-electron chi connectivity index (χ4n) is 3.38. The summed E-state index contributed by atoms with van der Waals surface area (Å²) in [5, 5.41) is 1.89. The second-order valence-electron chi connectivity index (χ2n) is 6.61. The topological polar surface area (TPSA) is 63.7 Å². The molecule has 0 atom stereocenters. The highest BCUT2D eigenvalue weighted by atomic mass is 32.2. The summed E-state index contributed by atoms with van der Waals surface area (Å²) in [7, 11) is -2.00. The molecule has 0 saturated carbocycles. The van der Waals surface area contributed by atoms with Crippen molar-refractivity contribution in [2.75, 3.05) is 20.2 Å². The maximum atomic E-state index is 13.1. The number of methoxy groups -OCH3 is 1. The predicted molar refractivity (Wildman–Crippen MR) is 103 cm³/mol. The van der Waals surface area contributed by atoms with Gasteiger partial charge in [-0.2, -0.15) is 4.31 Å². The SMILES string of the molecule is COc1cc(C)c(S(=O)(=O)N2CCC(C(=O)c3cccs3)CC2)cc1C. The molecule has 1 aromatic heterocycles. The van der Waals surface area contributed by atoms with E-state index in [2.05, 4.69) is 0 Å². The Balaban J connectivity index is 1.76. The van der Waals surface area contributed by atoms with Gasteiger partial charge in [-0.3, -0.25) is 4.79 Å². The number of piperidine rings is 1. The molecule has 0 bridgehead atoms. The van der Waals surface area contributed by atoms with Gasteiger partial charge in [0.25, 0.3) is 0 Å². The molecule has 2 aromatic rings. The average molecular weight is 394 g/mol. The largest absolute Gasteiger partial charge is 0.496 e. The van der Waals surface area contributed by atoms with Crippen LogP contribution in [0.5, 0.6) is 5.75 Å². The van der Waals surface area contributed by atoms with E-state index >= 15 is 0 Å². The van der Waals surface area contributed by atoms with Gasteiger partial charge < -0.3 is 4.74 Å². The van der Waals surface area contributed by atoms with Crippen LogP contribution in [0.4, 0.5) is 0 Å². The van der Waals surface area contributed by atoms with Gasteiger partial charge in [-0.25, -0.2) is 8.42 Å². The maximum absolute atomic E-state index is 13.1. The van der Waals surface area contributed by atoms with Gasteiger partial charge in [0.15, 0.2) is 5.78 Å². The second kappa shape index (κ2) is 7.50. The lowest BCUT2D eigenvalue weighted by Gasteiger charge is -2.31. The van der Waals surface area contributed by atoms with Gasteiger partial charge in [0.05, 0.1) is 16.9 Å². The third-order valence-corrected chi connectivity index (χ3v) is 7.82. The molecule has 1 aliphatic heterocycles. The first kappa shape index (κ1) is 19.1. The molecular formula is C19H23NO4S2. The number of Topliss-reactive ketones (excluding diaryl/α,β-unsaturated/α-hetero) is 1. The van der Waals surface area contributed by atoms with Crippen molar-refractivity contribution in [3.63, 3.8) is 0 Å². The number of ether oxygens (including phenoxy) is 1. The molecule has 26 heavy (non-hydrogen) atoms. The van der Waals surface area contributed by atoms with Crippen molar-refractivity contribution in [3.8, 4) is 5.75 Å². The number of carbonyl (C=O) groups excluding carboxylic acids is 1. The van der Waals surface area contributed by atoms with Crippen molar-refractivity contribution in [1.29, 1.82) is 0 Å². The molecule has 0 unspecified atom stereocenters. The van der Waals surface area contributed by atoms with Crippen LogP contribution in [0.1, 0.15) is 33.6 Å². The number of thiophene rings is 1. The second-order valence-corrected chi connectivity index (χ2v) is 9.46. The van der Waals surface area contributed by atoms with Gasteiger partial charge in [0.1, 0.15) is 5.75 Å². The Labute approximate surface area is 158 Å². The van der Waals surface area contributed by atoms with E-state index < -0.39 is 10.0 Å². The van der Waals surface area contributed by atoms with Crippen LogP contribution in [0.15, 0.2) is 34.5 Å². The Morgan fingerprint density at radius 3 is 2.46 bits per heavy atom. The van der Waals surface area contributed by atoms with E-state index in [-0.39, 0.29) is 11.7 Å². The molecule has 3 rings (SSSR count). The molecule has 0 spiro atoms. The number of hydrogen-bond acceptors (Lipinski definition) is 5. The quantitative estimate of drug-likeness (QED) is 0.727.